The molecule has 0 atom stereocenters. The number of rotatable bonds is 6. The van der Waals surface area contributed by atoms with Gasteiger partial charge in [0.15, 0.2) is 0 Å². The number of amides is 1. The molecular formula is C19H29NO3S. The number of esters is 1. The molecule has 1 heterocycles. The third-order valence-corrected chi connectivity index (χ3v) is 6.38. The van der Waals surface area contributed by atoms with Crippen molar-refractivity contribution in [2.75, 3.05) is 12.4 Å². The summed E-state index contributed by atoms with van der Waals surface area (Å²) in [7, 11) is 1.39. The fourth-order valence-electron chi connectivity index (χ4n) is 3.47. The molecule has 5 heteroatoms. The first-order chi connectivity index (χ1) is 11.5. The van der Waals surface area contributed by atoms with Gasteiger partial charge in [-0.1, -0.05) is 26.7 Å². The summed E-state index contributed by atoms with van der Waals surface area (Å²) in [6.45, 7) is 3.87. The van der Waals surface area contributed by atoms with E-state index in [0.717, 1.165) is 17.8 Å². The number of anilines is 1. The minimum absolute atomic E-state index is 0.0988. The molecule has 4 nitrogen and oxygen atoms in total. The number of fused-ring (bicyclic) bond motifs is 1. The number of hydrogen-bond acceptors (Lipinski definition) is 4. The van der Waals surface area contributed by atoms with Crippen LogP contribution in [0.3, 0.4) is 0 Å². The first-order valence-electron chi connectivity index (χ1n) is 9.04. The molecule has 134 valence electrons. The van der Waals surface area contributed by atoms with Gasteiger partial charge in [-0.25, -0.2) is 0 Å². The van der Waals surface area contributed by atoms with E-state index in [1.54, 1.807) is 11.3 Å². The summed E-state index contributed by atoms with van der Waals surface area (Å²) in [5.41, 5.74) is 0.671. The molecule has 0 fully saturated rings. The largest absolute Gasteiger partial charge is 0.469 e. The Morgan fingerprint density at radius 3 is 2.46 bits per heavy atom. The number of ether oxygens (including phenoxy) is 1. The molecular weight excluding hydrogens is 322 g/mol. The van der Waals surface area contributed by atoms with Crippen LogP contribution in [0.25, 0.3) is 0 Å². The Bertz CT molecular complexity index is 550. The molecule has 1 aromatic heterocycles. The molecule has 0 bridgehead atoms. The smallest absolute Gasteiger partial charge is 0.312 e. The highest BCUT2D eigenvalue weighted by Crippen LogP contribution is 2.35. The van der Waals surface area contributed by atoms with E-state index in [0.29, 0.717) is 12.8 Å². The Balaban J connectivity index is 2.06. The minimum atomic E-state index is -0.718. The fraction of sp³-hybridized carbons (Fsp3) is 0.684. The molecule has 2 rings (SSSR count). The van der Waals surface area contributed by atoms with Crippen molar-refractivity contribution in [2.24, 2.45) is 5.41 Å². The van der Waals surface area contributed by atoms with E-state index < -0.39 is 5.41 Å². The van der Waals surface area contributed by atoms with Crippen LogP contribution in [-0.4, -0.2) is 19.0 Å². The number of thiophene rings is 1. The minimum Gasteiger partial charge on any atom is -0.469 e. The summed E-state index contributed by atoms with van der Waals surface area (Å²) in [5.74, 6) is -0.389. The molecule has 1 aliphatic rings. The van der Waals surface area contributed by atoms with Gasteiger partial charge in [-0.15, -0.1) is 11.3 Å². The van der Waals surface area contributed by atoms with Crippen molar-refractivity contribution in [3.63, 3.8) is 0 Å². The Kier molecular flexibility index (Phi) is 6.84. The lowest BCUT2D eigenvalue weighted by Crippen LogP contribution is -2.35. The summed E-state index contributed by atoms with van der Waals surface area (Å²) in [6.07, 6.45) is 8.67. The molecule has 1 amide bonds. The molecule has 1 aromatic rings. The van der Waals surface area contributed by atoms with Gasteiger partial charge in [0.1, 0.15) is 0 Å². The molecule has 24 heavy (non-hydrogen) atoms. The van der Waals surface area contributed by atoms with Crippen molar-refractivity contribution in [3.05, 3.63) is 16.5 Å². The van der Waals surface area contributed by atoms with Crippen LogP contribution in [0.5, 0.6) is 0 Å². The highest BCUT2D eigenvalue weighted by Gasteiger charge is 2.38. The van der Waals surface area contributed by atoms with Gasteiger partial charge in [-0.3, -0.25) is 9.59 Å². The number of hydrogen-bond donors (Lipinski definition) is 1. The lowest BCUT2D eigenvalue weighted by atomic mass is 9.79. The van der Waals surface area contributed by atoms with Gasteiger partial charge in [-0.2, -0.15) is 0 Å². The van der Waals surface area contributed by atoms with Crippen molar-refractivity contribution in [1.29, 1.82) is 0 Å². The normalized spacial score (nSPS) is 15.1. The SMILES string of the molecule is CCC(CC)(CC(=O)Nc1cc2c(s1)CCCCCC2)C(=O)OC. The molecule has 0 unspecified atom stereocenters. The molecule has 0 aromatic carbocycles. The Morgan fingerprint density at radius 1 is 1.17 bits per heavy atom. The third kappa shape index (κ3) is 4.38. The van der Waals surface area contributed by atoms with Crippen molar-refractivity contribution < 1.29 is 14.3 Å². The third-order valence-electron chi connectivity index (χ3n) is 5.23. The maximum Gasteiger partial charge on any atom is 0.312 e. The van der Waals surface area contributed by atoms with Crippen LogP contribution in [0.4, 0.5) is 5.00 Å². The van der Waals surface area contributed by atoms with Crippen LogP contribution in [0.15, 0.2) is 6.07 Å². The molecule has 0 saturated carbocycles. The number of carbonyl (C=O) groups excluding carboxylic acids is 2. The van der Waals surface area contributed by atoms with Crippen LogP contribution in [0, 0.1) is 5.41 Å². The van der Waals surface area contributed by atoms with Gasteiger partial charge in [-0.05, 0) is 50.2 Å². The average molecular weight is 352 g/mol. The maximum atomic E-state index is 12.5. The second-order valence-electron chi connectivity index (χ2n) is 6.68. The van der Waals surface area contributed by atoms with E-state index in [1.807, 2.05) is 13.8 Å². The maximum absolute atomic E-state index is 12.5. The predicted molar refractivity (Wildman–Crippen MR) is 98.5 cm³/mol. The van der Waals surface area contributed by atoms with E-state index in [2.05, 4.69) is 11.4 Å². The summed E-state index contributed by atoms with van der Waals surface area (Å²) in [4.78, 5) is 26.0. The summed E-state index contributed by atoms with van der Waals surface area (Å²) in [6, 6.07) is 2.13. The summed E-state index contributed by atoms with van der Waals surface area (Å²) < 4.78 is 4.93. The topological polar surface area (TPSA) is 55.4 Å². The highest BCUT2D eigenvalue weighted by molar-refractivity contribution is 7.16. The number of nitrogens with one attached hydrogen (secondary N) is 1. The van der Waals surface area contributed by atoms with Crippen LogP contribution < -0.4 is 5.32 Å². The second-order valence-corrected chi connectivity index (χ2v) is 7.81. The van der Waals surface area contributed by atoms with E-state index in [-0.39, 0.29) is 18.3 Å². The lowest BCUT2D eigenvalue weighted by Gasteiger charge is -2.27. The summed E-state index contributed by atoms with van der Waals surface area (Å²) >= 11 is 1.69. The number of aryl methyl sites for hydroxylation is 2. The van der Waals surface area contributed by atoms with Gasteiger partial charge >= 0.3 is 5.97 Å². The van der Waals surface area contributed by atoms with Crippen molar-refractivity contribution in [3.8, 4) is 0 Å². The average Bonchev–Trinajstić information content (AvgIpc) is 2.92. The van der Waals surface area contributed by atoms with Crippen LogP contribution >= 0.6 is 11.3 Å². The molecule has 1 aliphatic carbocycles. The zero-order valence-corrected chi connectivity index (χ0v) is 15.9. The lowest BCUT2D eigenvalue weighted by molar-refractivity contribution is -0.155. The summed E-state index contributed by atoms with van der Waals surface area (Å²) in [5, 5.41) is 3.93. The van der Waals surface area contributed by atoms with Crippen molar-refractivity contribution in [1.82, 2.24) is 0 Å². The van der Waals surface area contributed by atoms with Crippen molar-refractivity contribution in [2.45, 2.75) is 71.6 Å². The Hall–Kier alpha value is -1.36. The Labute approximate surface area is 149 Å². The molecule has 0 saturated heterocycles. The standard InChI is InChI=1S/C19H29NO3S/c1-4-19(5-2,18(22)23-3)13-16(21)20-17-12-14-10-8-6-7-9-11-15(14)24-17/h12H,4-11,13H2,1-3H3,(H,20,21). The van der Waals surface area contributed by atoms with Gasteiger partial charge < -0.3 is 10.1 Å². The zero-order chi connectivity index (χ0) is 17.6. The molecule has 0 spiro atoms. The zero-order valence-electron chi connectivity index (χ0n) is 15.1. The molecule has 0 aliphatic heterocycles. The number of methoxy groups -OCH3 is 1. The van der Waals surface area contributed by atoms with E-state index in [4.69, 9.17) is 4.74 Å². The van der Waals surface area contributed by atoms with Crippen LogP contribution in [0.2, 0.25) is 0 Å². The van der Waals surface area contributed by atoms with E-state index in [1.165, 1.54) is 43.2 Å². The van der Waals surface area contributed by atoms with Crippen molar-refractivity contribution >= 4 is 28.2 Å². The predicted octanol–water partition coefficient (Wildman–Crippen LogP) is 4.72. The molecule has 1 N–H and O–H groups in total. The van der Waals surface area contributed by atoms with Gasteiger partial charge in [0, 0.05) is 11.3 Å². The van der Waals surface area contributed by atoms with Gasteiger partial charge in [0.25, 0.3) is 0 Å². The Morgan fingerprint density at radius 2 is 1.83 bits per heavy atom. The monoisotopic (exact) mass is 351 g/mol. The fourth-order valence-corrected chi connectivity index (χ4v) is 4.64. The van der Waals surface area contributed by atoms with Gasteiger partial charge in [0.2, 0.25) is 5.91 Å². The molecule has 0 radical (unpaired) electrons. The van der Waals surface area contributed by atoms with Crippen LogP contribution in [-0.2, 0) is 27.2 Å². The first kappa shape index (κ1) is 19.0. The van der Waals surface area contributed by atoms with Crippen LogP contribution in [0.1, 0.15) is 69.2 Å². The second kappa shape index (κ2) is 8.65. The first-order valence-corrected chi connectivity index (χ1v) is 9.86. The van der Waals surface area contributed by atoms with E-state index in [9.17, 15) is 9.59 Å². The highest BCUT2D eigenvalue weighted by atomic mass is 32.1. The quantitative estimate of drug-likeness (QED) is 0.755. The van der Waals surface area contributed by atoms with Gasteiger partial charge in [0.05, 0.1) is 17.5 Å². The van der Waals surface area contributed by atoms with E-state index >= 15 is 0 Å². The number of carbonyl (C=O) groups is 2.